The first kappa shape index (κ1) is 21.5. The Morgan fingerprint density at radius 1 is 1.36 bits per heavy atom. The number of ether oxygens (including phenoxy) is 1. The number of anilines is 1. The summed E-state index contributed by atoms with van der Waals surface area (Å²) in [5.41, 5.74) is 6.21. The van der Waals surface area contributed by atoms with Crippen LogP contribution in [0.5, 0.6) is 5.75 Å². The molecule has 2 amide bonds. The van der Waals surface area contributed by atoms with Gasteiger partial charge in [0, 0.05) is 23.9 Å². The number of nitrogens with two attached hydrogens (primary N) is 1. The number of halogens is 2. The Hall–Kier alpha value is -1.50. The molecule has 4 N–H and O–H groups in total. The van der Waals surface area contributed by atoms with Crippen LogP contribution in [-0.2, 0) is 9.59 Å². The SMILES string of the molecule is COc1ccc(Cl)cc1NC(=O)CCNC(=O)[C@@H]1CCC[C@@H]1CN.Cl. The fourth-order valence-electron chi connectivity index (χ4n) is 3.09. The summed E-state index contributed by atoms with van der Waals surface area (Å²) in [5, 5.41) is 6.09. The van der Waals surface area contributed by atoms with Crippen LogP contribution in [0.15, 0.2) is 18.2 Å². The summed E-state index contributed by atoms with van der Waals surface area (Å²) in [6, 6.07) is 5.00. The number of carbonyl (C=O) groups is 2. The zero-order valence-electron chi connectivity index (χ0n) is 14.2. The van der Waals surface area contributed by atoms with Crippen molar-refractivity contribution in [3.63, 3.8) is 0 Å². The average Bonchev–Trinajstić information content (AvgIpc) is 3.03. The van der Waals surface area contributed by atoms with Crippen LogP contribution in [-0.4, -0.2) is 32.0 Å². The van der Waals surface area contributed by atoms with E-state index in [2.05, 4.69) is 10.6 Å². The Bertz CT molecular complexity index is 599. The molecule has 1 aliphatic carbocycles. The standard InChI is InChI=1S/C17H24ClN3O3.ClH/c1-24-15-6-5-12(18)9-14(15)21-16(22)7-8-20-17(23)13-4-2-3-11(13)10-19;/h5-6,9,11,13H,2-4,7-8,10,19H2,1H3,(H,20,23)(H,21,22);1H/t11-,13-;/m1./s1. The zero-order valence-corrected chi connectivity index (χ0v) is 15.8. The molecule has 1 aromatic carbocycles. The van der Waals surface area contributed by atoms with Gasteiger partial charge in [0.25, 0.3) is 0 Å². The largest absolute Gasteiger partial charge is 0.495 e. The minimum Gasteiger partial charge on any atom is -0.495 e. The van der Waals surface area contributed by atoms with E-state index in [1.54, 1.807) is 18.2 Å². The smallest absolute Gasteiger partial charge is 0.226 e. The van der Waals surface area contributed by atoms with E-state index in [0.29, 0.717) is 29.5 Å². The highest BCUT2D eigenvalue weighted by molar-refractivity contribution is 6.31. The van der Waals surface area contributed by atoms with Gasteiger partial charge < -0.3 is 21.1 Å². The van der Waals surface area contributed by atoms with Crippen molar-refractivity contribution in [3.05, 3.63) is 23.2 Å². The molecule has 6 nitrogen and oxygen atoms in total. The summed E-state index contributed by atoms with van der Waals surface area (Å²) in [4.78, 5) is 24.2. The highest BCUT2D eigenvalue weighted by atomic mass is 35.5. The van der Waals surface area contributed by atoms with E-state index in [-0.39, 0.29) is 42.5 Å². The van der Waals surface area contributed by atoms with Crippen LogP contribution < -0.4 is 21.1 Å². The van der Waals surface area contributed by atoms with Gasteiger partial charge in [-0.05, 0) is 43.5 Å². The first-order valence-electron chi connectivity index (χ1n) is 8.16. The molecule has 0 radical (unpaired) electrons. The molecule has 0 unspecified atom stereocenters. The lowest BCUT2D eigenvalue weighted by Gasteiger charge is -2.17. The molecule has 0 heterocycles. The lowest BCUT2D eigenvalue weighted by Crippen LogP contribution is -2.36. The Kier molecular flexibility index (Phi) is 9.03. The van der Waals surface area contributed by atoms with Gasteiger partial charge in [0.15, 0.2) is 0 Å². The maximum atomic E-state index is 12.2. The van der Waals surface area contributed by atoms with Crippen molar-refractivity contribution in [2.24, 2.45) is 17.6 Å². The number of amides is 2. The van der Waals surface area contributed by atoms with E-state index >= 15 is 0 Å². The Labute approximate surface area is 159 Å². The molecule has 1 aromatic rings. The van der Waals surface area contributed by atoms with Gasteiger partial charge in [-0.3, -0.25) is 9.59 Å². The second-order valence-corrected chi connectivity index (χ2v) is 6.40. The molecule has 0 bridgehead atoms. The summed E-state index contributed by atoms with van der Waals surface area (Å²) < 4.78 is 5.18. The van der Waals surface area contributed by atoms with Crippen molar-refractivity contribution in [2.45, 2.75) is 25.7 Å². The summed E-state index contributed by atoms with van der Waals surface area (Å²) in [5.74, 6) is 0.558. The number of benzene rings is 1. The second-order valence-electron chi connectivity index (χ2n) is 5.97. The number of rotatable bonds is 7. The van der Waals surface area contributed by atoms with Gasteiger partial charge in [0.2, 0.25) is 11.8 Å². The summed E-state index contributed by atoms with van der Waals surface area (Å²) >= 11 is 5.93. The fraction of sp³-hybridized carbons (Fsp3) is 0.529. The van der Waals surface area contributed by atoms with Crippen molar-refractivity contribution in [1.82, 2.24) is 5.32 Å². The maximum absolute atomic E-state index is 12.2. The lowest BCUT2D eigenvalue weighted by molar-refractivity contribution is -0.126. The van der Waals surface area contributed by atoms with Crippen molar-refractivity contribution in [2.75, 3.05) is 25.5 Å². The van der Waals surface area contributed by atoms with Gasteiger partial charge in [-0.25, -0.2) is 0 Å². The molecule has 2 rings (SSSR count). The third-order valence-electron chi connectivity index (χ3n) is 4.39. The van der Waals surface area contributed by atoms with Crippen LogP contribution in [0.25, 0.3) is 0 Å². The van der Waals surface area contributed by atoms with Gasteiger partial charge in [0.05, 0.1) is 12.8 Å². The zero-order chi connectivity index (χ0) is 17.5. The molecule has 0 saturated heterocycles. The van der Waals surface area contributed by atoms with Crippen LogP contribution in [0.2, 0.25) is 5.02 Å². The lowest BCUT2D eigenvalue weighted by atomic mass is 9.95. The van der Waals surface area contributed by atoms with Crippen LogP contribution >= 0.6 is 24.0 Å². The van der Waals surface area contributed by atoms with Crippen LogP contribution in [0.1, 0.15) is 25.7 Å². The number of hydrogen-bond donors (Lipinski definition) is 3. The molecule has 8 heteroatoms. The molecule has 0 aromatic heterocycles. The van der Waals surface area contributed by atoms with E-state index in [4.69, 9.17) is 22.1 Å². The number of nitrogens with one attached hydrogen (secondary N) is 2. The molecule has 140 valence electrons. The molecule has 1 aliphatic rings. The second kappa shape index (κ2) is 10.5. The van der Waals surface area contributed by atoms with Crippen molar-refractivity contribution >= 4 is 41.5 Å². The van der Waals surface area contributed by atoms with Gasteiger partial charge in [0.1, 0.15) is 5.75 Å². The van der Waals surface area contributed by atoms with Gasteiger partial charge in [-0.15, -0.1) is 12.4 Å². The minimum absolute atomic E-state index is 0. The first-order valence-corrected chi connectivity index (χ1v) is 8.54. The van der Waals surface area contributed by atoms with Gasteiger partial charge in [-0.2, -0.15) is 0 Å². The van der Waals surface area contributed by atoms with Crippen LogP contribution in [0, 0.1) is 11.8 Å². The Balaban J connectivity index is 0.00000312. The number of carbonyl (C=O) groups excluding carboxylic acids is 2. The quantitative estimate of drug-likeness (QED) is 0.667. The molecule has 0 spiro atoms. The van der Waals surface area contributed by atoms with Crippen LogP contribution in [0.4, 0.5) is 5.69 Å². The highest BCUT2D eigenvalue weighted by Crippen LogP contribution is 2.31. The van der Waals surface area contributed by atoms with E-state index in [9.17, 15) is 9.59 Å². The summed E-state index contributed by atoms with van der Waals surface area (Å²) in [6.07, 6.45) is 3.10. The van der Waals surface area contributed by atoms with E-state index in [0.717, 1.165) is 19.3 Å². The highest BCUT2D eigenvalue weighted by Gasteiger charge is 2.31. The van der Waals surface area contributed by atoms with E-state index < -0.39 is 0 Å². The van der Waals surface area contributed by atoms with E-state index in [1.165, 1.54) is 7.11 Å². The van der Waals surface area contributed by atoms with E-state index in [1.807, 2.05) is 0 Å². The number of hydrogen-bond acceptors (Lipinski definition) is 4. The Morgan fingerprint density at radius 2 is 2.12 bits per heavy atom. The molecule has 2 atom stereocenters. The van der Waals surface area contributed by atoms with Crippen molar-refractivity contribution in [3.8, 4) is 5.75 Å². The molecular weight excluding hydrogens is 365 g/mol. The van der Waals surface area contributed by atoms with Crippen molar-refractivity contribution in [1.29, 1.82) is 0 Å². The summed E-state index contributed by atoms with van der Waals surface area (Å²) in [7, 11) is 1.52. The van der Waals surface area contributed by atoms with Crippen molar-refractivity contribution < 1.29 is 14.3 Å². The van der Waals surface area contributed by atoms with Crippen LogP contribution in [0.3, 0.4) is 0 Å². The third kappa shape index (κ3) is 6.06. The molecule has 0 aliphatic heterocycles. The maximum Gasteiger partial charge on any atom is 0.226 e. The van der Waals surface area contributed by atoms with Gasteiger partial charge >= 0.3 is 0 Å². The topological polar surface area (TPSA) is 93.5 Å². The predicted octanol–water partition coefficient (Wildman–Crippen LogP) is 2.59. The Morgan fingerprint density at radius 3 is 2.80 bits per heavy atom. The molecule has 1 saturated carbocycles. The van der Waals surface area contributed by atoms with Gasteiger partial charge in [-0.1, -0.05) is 18.0 Å². The molecule has 25 heavy (non-hydrogen) atoms. The summed E-state index contributed by atoms with van der Waals surface area (Å²) in [6.45, 7) is 0.828. The number of methoxy groups -OCH3 is 1. The normalized spacial score (nSPS) is 19.0. The third-order valence-corrected chi connectivity index (χ3v) is 4.62. The molecule has 1 fully saturated rings. The average molecular weight is 390 g/mol. The minimum atomic E-state index is -0.210. The molecular formula is C17H25Cl2N3O3. The predicted molar refractivity (Wildman–Crippen MR) is 101 cm³/mol. The fourth-order valence-corrected chi connectivity index (χ4v) is 3.26. The monoisotopic (exact) mass is 389 g/mol. The first-order chi connectivity index (χ1) is 11.5.